The molecule has 5 rings (SSSR count). The molecule has 216 valence electrons. The number of carbonyl (C=O) groups is 3. The van der Waals surface area contributed by atoms with Crippen molar-refractivity contribution in [2.75, 3.05) is 29.4 Å². The lowest BCUT2D eigenvalue weighted by molar-refractivity contribution is -0.133. The third kappa shape index (κ3) is 5.26. The molecule has 1 fully saturated rings. The van der Waals surface area contributed by atoms with Gasteiger partial charge >= 0.3 is 12.2 Å². The van der Waals surface area contributed by atoms with Gasteiger partial charge in [-0.15, -0.1) is 0 Å². The summed E-state index contributed by atoms with van der Waals surface area (Å²) in [6.45, 7) is 9.57. The Bertz CT molecular complexity index is 1580. The maximum absolute atomic E-state index is 15.8. The summed E-state index contributed by atoms with van der Waals surface area (Å²) in [6, 6.07) is 2.67. The second kappa shape index (κ2) is 10.4. The van der Waals surface area contributed by atoms with Gasteiger partial charge in [0.1, 0.15) is 17.2 Å². The van der Waals surface area contributed by atoms with Crippen LogP contribution in [0.2, 0.25) is 5.02 Å². The Morgan fingerprint density at radius 1 is 1.15 bits per heavy atom. The first kappa shape index (κ1) is 28.5. The summed E-state index contributed by atoms with van der Waals surface area (Å²) in [5.41, 5.74) is 1.88. The summed E-state index contributed by atoms with van der Waals surface area (Å²) >= 11 is 6.48. The van der Waals surface area contributed by atoms with Gasteiger partial charge < -0.3 is 14.7 Å². The van der Waals surface area contributed by atoms with E-state index in [-0.39, 0.29) is 35.4 Å². The third-order valence-electron chi connectivity index (χ3n) is 7.36. The number of nitrogens with zero attached hydrogens (tertiary/aromatic N) is 5. The first-order chi connectivity index (χ1) is 19.3. The first-order valence-corrected chi connectivity index (χ1v) is 13.7. The number of amides is 3. The third-order valence-corrected chi connectivity index (χ3v) is 7.73. The zero-order valence-electron chi connectivity index (χ0n) is 23.5. The Labute approximate surface area is 241 Å². The number of anilines is 2. The molecule has 2 aliphatic rings. The number of carboxylic acid groups (broad SMARTS) is 1. The van der Waals surface area contributed by atoms with Crippen LogP contribution in [0.15, 0.2) is 24.5 Å². The summed E-state index contributed by atoms with van der Waals surface area (Å²) in [7, 11) is 0. The highest BCUT2D eigenvalue weighted by Gasteiger charge is 2.38. The fourth-order valence-corrected chi connectivity index (χ4v) is 5.60. The maximum atomic E-state index is 15.8. The number of pyridine rings is 2. The Hall–Kier alpha value is -3.99. The highest BCUT2D eigenvalue weighted by atomic mass is 35.5. The molecule has 1 N–H and O–H groups in total. The maximum Gasteiger partial charge on any atom is 0.414 e. The van der Waals surface area contributed by atoms with Gasteiger partial charge in [0.25, 0.3) is 0 Å². The summed E-state index contributed by atoms with van der Waals surface area (Å²) in [5.74, 6) is -0.670. The largest absolute Gasteiger partial charge is 0.465 e. The molecule has 0 saturated carbocycles. The number of aromatic nitrogens is 2. The van der Waals surface area contributed by atoms with Crippen molar-refractivity contribution in [1.29, 1.82) is 0 Å². The van der Waals surface area contributed by atoms with Crippen molar-refractivity contribution >= 4 is 52.0 Å². The predicted molar refractivity (Wildman–Crippen MR) is 153 cm³/mol. The van der Waals surface area contributed by atoms with E-state index in [4.69, 9.17) is 16.3 Å². The fourth-order valence-electron chi connectivity index (χ4n) is 5.34. The number of ether oxygens (including phenoxy) is 1. The van der Waals surface area contributed by atoms with E-state index in [1.165, 1.54) is 13.1 Å². The Balaban J connectivity index is 1.58. The zero-order chi connectivity index (χ0) is 29.8. The standard InChI is InChI=1S/C29H31ClFN5O5/c1-15-20(11-32-22-7-6-8-35(26(15)22)28(40)41-29(3,4)5)19-9-17-10-23(33-12-21(17)24(30)25(19)31)36(27(38)39)18-13-34(14-18)16(2)37/h9-12,18H,6-8,13-14H2,1-5H3,(H,38,39). The minimum atomic E-state index is -1.21. The molecule has 4 heterocycles. The molecule has 0 unspecified atom stereocenters. The van der Waals surface area contributed by atoms with Gasteiger partial charge in [0.2, 0.25) is 5.91 Å². The van der Waals surface area contributed by atoms with E-state index in [0.717, 1.165) is 17.0 Å². The molecule has 0 spiro atoms. The van der Waals surface area contributed by atoms with Crippen molar-refractivity contribution in [3.8, 4) is 11.1 Å². The van der Waals surface area contributed by atoms with Crippen molar-refractivity contribution in [3.63, 3.8) is 0 Å². The topological polar surface area (TPSA) is 116 Å². The minimum Gasteiger partial charge on any atom is -0.465 e. The van der Waals surface area contributed by atoms with Gasteiger partial charge in [0.15, 0.2) is 0 Å². The van der Waals surface area contributed by atoms with E-state index in [1.54, 1.807) is 55.8 Å². The van der Waals surface area contributed by atoms with Crippen molar-refractivity contribution in [3.05, 3.63) is 46.6 Å². The van der Waals surface area contributed by atoms with Crippen LogP contribution in [-0.2, 0) is 16.0 Å². The number of halogens is 2. The fraction of sp³-hybridized carbons (Fsp3) is 0.414. The van der Waals surface area contributed by atoms with Gasteiger partial charge in [-0.05, 0) is 63.6 Å². The van der Waals surface area contributed by atoms with Gasteiger partial charge in [0, 0.05) is 55.5 Å². The Morgan fingerprint density at radius 3 is 2.49 bits per heavy atom. The van der Waals surface area contributed by atoms with E-state index < -0.39 is 29.6 Å². The van der Waals surface area contributed by atoms with Crippen LogP contribution in [0, 0.1) is 12.7 Å². The number of rotatable bonds is 3. The molecule has 0 aliphatic carbocycles. The highest BCUT2D eigenvalue weighted by Crippen LogP contribution is 2.41. The molecular weight excluding hydrogens is 553 g/mol. The van der Waals surface area contributed by atoms with Crippen molar-refractivity contribution in [2.24, 2.45) is 0 Å². The molecule has 3 amide bonds. The van der Waals surface area contributed by atoms with Crippen LogP contribution in [0.5, 0.6) is 0 Å². The van der Waals surface area contributed by atoms with Crippen LogP contribution in [0.1, 0.15) is 45.4 Å². The monoisotopic (exact) mass is 583 g/mol. The number of likely N-dealkylation sites (tertiary alicyclic amines) is 1. The van der Waals surface area contributed by atoms with Crippen LogP contribution in [0.4, 0.5) is 25.5 Å². The van der Waals surface area contributed by atoms with Crippen molar-refractivity contribution < 1.29 is 28.6 Å². The van der Waals surface area contributed by atoms with Gasteiger partial charge in [-0.25, -0.2) is 19.0 Å². The van der Waals surface area contributed by atoms with Crippen LogP contribution < -0.4 is 9.80 Å². The quantitative estimate of drug-likeness (QED) is 0.414. The predicted octanol–water partition coefficient (Wildman–Crippen LogP) is 5.80. The number of hydrogen-bond acceptors (Lipinski definition) is 6. The smallest absolute Gasteiger partial charge is 0.414 e. The Morgan fingerprint density at radius 2 is 1.85 bits per heavy atom. The summed E-state index contributed by atoms with van der Waals surface area (Å²) in [4.78, 5) is 49.9. The molecule has 12 heteroatoms. The average molecular weight is 584 g/mol. The lowest BCUT2D eigenvalue weighted by Gasteiger charge is -2.43. The molecule has 10 nitrogen and oxygen atoms in total. The van der Waals surface area contributed by atoms with Crippen LogP contribution in [-0.4, -0.2) is 69.3 Å². The van der Waals surface area contributed by atoms with E-state index in [1.807, 2.05) is 0 Å². The van der Waals surface area contributed by atoms with E-state index in [9.17, 15) is 19.5 Å². The normalized spacial score (nSPS) is 15.4. The average Bonchev–Trinajstić information content (AvgIpc) is 2.86. The zero-order valence-corrected chi connectivity index (χ0v) is 24.3. The molecule has 0 bridgehead atoms. The highest BCUT2D eigenvalue weighted by molar-refractivity contribution is 6.36. The summed E-state index contributed by atoms with van der Waals surface area (Å²) in [6.07, 6.45) is 2.59. The molecule has 3 aromatic rings. The van der Waals surface area contributed by atoms with Crippen molar-refractivity contribution in [1.82, 2.24) is 14.9 Å². The molecule has 41 heavy (non-hydrogen) atoms. The van der Waals surface area contributed by atoms with Gasteiger partial charge in [-0.2, -0.15) is 0 Å². The second-order valence-electron chi connectivity index (χ2n) is 11.4. The number of aryl methyl sites for hydroxylation is 1. The number of fused-ring (bicyclic) bond motifs is 2. The van der Waals surface area contributed by atoms with E-state index >= 15 is 4.39 Å². The summed E-state index contributed by atoms with van der Waals surface area (Å²) < 4.78 is 21.4. The second-order valence-corrected chi connectivity index (χ2v) is 11.8. The molecule has 1 aromatic carbocycles. The number of carbonyl (C=O) groups excluding carboxylic acids is 2. The SMILES string of the molecule is CC(=O)N1CC(N(C(=O)O)c2cc3cc(-c4cnc5c(c4C)N(C(=O)OC(C)(C)C)CCC5)c(F)c(Cl)c3cn2)C1. The van der Waals surface area contributed by atoms with Crippen molar-refractivity contribution in [2.45, 2.75) is 59.1 Å². The van der Waals surface area contributed by atoms with Crippen LogP contribution in [0.3, 0.4) is 0 Å². The van der Waals surface area contributed by atoms with Gasteiger partial charge in [-0.3, -0.25) is 19.6 Å². The lowest BCUT2D eigenvalue weighted by Crippen LogP contribution is -2.62. The number of hydrogen-bond donors (Lipinski definition) is 1. The van der Waals surface area contributed by atoms with Gasteiger partial charge in [0.05, 0.1) is 22.4 Å². The van der Waals surface area contributed by atoms with Crippen LogP contribution >= 0.6 is 11.6 Å². The molecular formula is C29H31ClFN5O5. The molecule has 2 aliphatic heterocycles. The number of benzene rings is 1. The van der Waals surface area contributed by atoms with E-state index in [2.05, 4.69) is 9.97 Å². The minimum absolute atomic E-state index is 0.135. The Kier molecular flexibility index (Phi) is 7.27. The van der Waals surface area contributed by atoms with Gasteiger partial charge in [-0.1, -0.05) is 11.6 Å². The molecule has 2 aromatic heterocycles. The van der Waals surface area contributed by atoms with E-state index in [0.29, 0.717) is 40.6 Å². The summed E-state index contributed by atoms with van der Waals surface area (Å²) in [5, 5.41) is 10.6. The molecule has 0 radical (unpaired) electrons. The lowest BCUT2D eigenvalue weighted by atomic mass is 9.95. The van der Waals surface area contributed by atoms with Crippen LogP contribution in [0.25, 0.3) is 21.9 Å². The molecule has 0 atom stereocenters. The first-order valence-electron chi connectivity index (χ1n) is 13.3. The molecule has 1 saturated heterocycles.